The van der Waals surface area contributed by atoms with Gasteiger partial charge in [-0.2, -0.15) is 0 Å². The Morgan fingerprint density at radius 1 is 1.75 bits per heavy atom. The molecule has 0 saturated carbocycles. The quantitative estimate of drug-likeness (QED) is 0.463. The van der Waals surface area contributed by atoms with Crippen LogP contribution in [0.3, 0.4) is 0 Å². The van der Waals surface area contributed by atoms with Gasteiger partial charge in [-0.15, -0.1) is 0 Å². The Labute approximate surface area is 47.3 Å². The van der Waals surface area contributed by atoms with Crippen LogP contribution in [0.25, 0.3) is 0 Å². The zero-order valence-corrected chi connectivity index (χ0v) is 4.50. The Morgan fingerprint density at radius 2 is 2.25 bits per heavy atom. The zero-order chi connectivity index (χ0) is 6.15. The van der Waals surface area contributed by atoms with E-state index in [1.165, 1.54) is 0 Å². The third kappa shape index (κ3) is 0.710. The number of aliphatic carboxylic acids is 1. The van der Waals surface area contributed by atoms with E-state index in [1.807, 2.05) is 0 Å². The van der Waals surface area contributed by atoms with Gasteiger partial charge in [0.2, 0.25) is 0 Å². The Kier molecular flexibility index (Phi) is 1.04. The molecule has 1 rings (SSSR count). The average molecular weight is 114 g/mol. The van der Waals surface area contributed by atoms with Gasteiger partial charge in [-0.05, 0) is 0 Å². The summed E-state index contributed by atoms with van der Waals surface area (Å²) in [5.74, 6) is -0.864. The van der Waals surface area contributed by atoms with Crippen LogP contribution in [0.15, 0.2) is 0 Å². The fourth-order valence-corrected chi connectivity index (χ4v) is 0.726. The van der Waals surface area contributed by atoms with Crippen LogP contribution in [0.4, 0.5) is 0 Å². The summed E-state index contributed by atoms with van der Waals surface area (Å²) >= 11 is 0. The van der Waals surface area contributed by atoms with Crippen LogP contribution in [-0.2, 0) is 4.79 Å². The van der Waals surface area contributed by atoms with Crippen molar-refractivity contribution in [1.29, 1.82) is 0 Å². The molecule has 1 fully saturated rings. The number of nitrogens with zero attached hydrogens (tertiary/aromatic N) is 1. The molecular weight excluding hydrogens is 106 g/mol. The monoisotopic (exact) mass is 114 g/mol. The van der Waals surface area contributed by atoms with Crippen LogP contribution in [0.5, 0.6) is 0 Å². The summed E-state index contributed by atoms with van der Waals surface area (Å²) in [5, 5.41) is 8.30. The molecule has 0 aromatic carbocycles. The summed E-state index contributed by atoms with van der Waals surface area (Å²) in [6.45, 7) is 4.76. The number of hydrogen-bond donors (Lipinski definition) is 1. The fourth-order valence-electron chi connectivity index (χ4n) is 0.726. The molecule has 0 bridgehead atoms. The first-order chi connectivity index (χ1) is 3.70. The van der Waals surface area contributed by atoms with Gasteiger partial charge in [-0.25, -0.2) is 4.58 Å². The minimum Gasteiger partial charge on any atom is -0.481 e. The molecule has 0 aliphatic carbocycles. The third-order valence-electron chi connectivity index (χ3n) is 1.31. The van der Waals surface area contributed by atoms with Crippen molar-refractivity contribution in [1.82, 2.24) is 0 Å². The summed E-state index contributed by atoms with van der Waals surface area (Å²) in [6, 6.07) is 0. The highest BCUT2D eigenvalue weighted by Gasteiger charge is 2.35. The van der Waals surface area contributed by atoms with E-state index >= 15 is 0 Å². The minimum absolute atomic E-state index is 0.160. The third-order valence-corrected chi connectivity index (χ3v) is 1.31. The maximum atomic E-state index is 10.1. The van der Waals surface area contributed by atoms with E-state index in [2.05, 4.69) is 6.72 Å². The molecule has 0 unspecified atom stereocenters. The van der Waals surface area contributed by atoms with Gasteiger partial charge in [0.15, 0.2) is 19.0 Å². The molecule has 1 aliphatic heterocycles. The van der Waals surface area contributed by atoms with Gasteiger partial charge in [0.05, 0.1) is 0 Å². The van der Waals surface area contributed by atoms with E-state index in [1.54, 1.807) is 4.58 Å². The van der Waals surface area contributed by atoms with Crippen molar-refractivity contribution in [3.05, 3.63) is 0 Å². The molecule has 44 valence electrons. The number of carboxylic acids is 1. The van der Waals surface area contributed by atoms with Gasteiger partial charge in [-0.3, -0.25) is 4.79 Å². The maximum absolute atomic E-state index is 10.1. The summed E-state index contributed by atoms with van der Waals surface area (Å²) < 4.78 is 1.73. The van der Waals surface area contributed by atoms with Gasteiger partial charge >= 0.3 is 5.97 Å². The van der Waals surface area contributed by atoms with Crippen molar-refractivity contribution in [2.24, 2.45) is 5.92 Å². The Balaban J connectivity index is 2.35. The first kappa shape index (κ1) is 5.28. The predicted octanol–water partition coefficient (Wildman–Crippen LogP) is -0.586. The van der Waals surface area contributed by atoms with Crippen LogP contribution in [0.1, 0.15) is 0 Å². The lowest BCUT2D eigenvalue weighted by Crippen LogP contribution is -2.43. The highest BCUT2D eigenvalue weighted by Crippen LogP contribution is 2.07. The first-order valence-electron chi connectivity index (χ1n) is 2.48. The summed E-state index contributed by atoms with van der Waals surface area (Å²) in [5.41, 5.74) is 0. The van der Waals surface area contributed by atoms with E-state index < -0.39 is 5.97 Å². The second-order valence-electron chi connectivity index (χ2n) is 2.07. The van der Waals surface area contributed by atoms with E-state index in [4.69, 9.17) is 5.11 Å². The smallest absolute Gasteiger partial charge is 0.319 e. The van der Waals surface area contributed by atoms with Crippen molar-refractivity contribution in [3.63, 3.8) is 0 Å². The van der Waals surface area contributed by atoms with Gasteiger partial charge in [-0.1, -0.05) is 0 Å². The van der Waals surface area contributed by atoms with Gasteiger partial charge in [0.25, 0.3) is 0 Å². The molecular formula is C5H8NO2+. The summed E-state index contributed by atoms with van der Waals surface area (Å²) in [4.78, 5) is 10.1. The molecule has 1 saturated heterocycles. The normalized spacial score (nSPS) is 20.2. The van der Waals surface area contributed by atoms with Crippen LogP contribution in [-0.4, -0.2) is 35.5 Å². The van der Waals surface area contributed by atoms with Crippen LogP contribution in [0.2, 0.25) is 0 Å². The van der Waals surface area contributed by atoms with Crippen LogP contribution >= 0.6 is 0 Å². The lowest BCUT2D eigenvalue weighted by molar-refractivity contribution is -0.590. The molecule has 0 atom stereocenters. The minimum atomic E-state index is -0.704. The topological polar surface area (TPSA) is 40.3 Å². The lowest BCUT2D eigenvalue weighted by atomic mass is 10.0. The Morgan fingerprint density at radius 3 is 2.38 bits per heavy atom. The molecule has 0 spiro atoms. The van der Waals surface area contributed by atoms with E-state index in [9.17, 15) is 4.79 Å². The Hall–Kier alpha value is -0.860. The number of hydrogen-bond acceptors (Lipinski definition) is 1. The van der Waals surface area contributed by atoms with E-state index in [0.717, 1.165) is 0 Å². The number of carboxylic acid groups (broad SMARTS) is 1. The highest BCUT2D eigenvalue weighted by atomic mass is 16.4. The van der Waals surface area contributed by atoms with Crippen molar-refractivity contribution in [2.45, 2.75) is 0 Å². The van der Waals surface area contributed by atoms with Crippen molar-refractivity contribution in [2.75, 3.05) is 13.1 Å². The van der Waals surface area contributed by atoms with Crippen molar-refractivity contribution in [3.8, 4) is 0 Å². The molecule has 0 amide bonds. The van der Waals surface area contributed by atoms with Gasteiger partial charge in [0.1, 0.15) is 6.72 Å². The molecule has 1 aliphatic rings. The van der Waals surface area contributed by atoms with Crippen LogP contribution < -0.4 is 0 Å². The number of rotatable bonds is 1. The molecule has 0 aromatic heterocycles. The predicted molar refractivity (Wildman–Crippen MR) is 28.2 cm³/mol. The summed E-state index contributed by atoms with van der Waals surface area (Å²) in [7, 11) is 0. The second-order valence-corrected chi connectivity index (χ2v) is 2.07. The molecule has 1 N–H and O–H groups in total. The maximum Gasteiger partial charge on any atom is 0.319 e. The fraction of sp³-hybridized carbons (Fsp3) is 0.600. The first-order valence-corrected chi connectivity index (χ1v) is 2.48. The highest BCUT2D eigenvalue weighted by molar-refractivity contribution is 5.70. The largest absolute Gasteiger partial charge is 0.481 e. The van der Waals surface area contributed by atoms with Crippen molar-refractivity contribution >= 4 is 12.7 Å². The zero-order valence-electron chi connectivity index (χ0n) is 4.50. The molecule has 0 radical (unpaired) electrons. The summed E-state index contributed by atoms with van der Waals surface area (Å²) in [6.07, 6.45) is 0. The molecule has 1 heterocycles. The average Bonchev–Trinajstić information content (AvgIpc) is 1.57. The van der Waals surface area contributed by atoms with Crippen LogP contribution in [0, 0.1) is 5.92 Å². The standard InChI is InChI=1S/C5H7NO2/c1-6-2-4(3-6)5(7)8/h4H,1-3H2/p+1. The van der Waals surface area contributed by atoms with Gasteiger partial charge in [0, 0.05) is 0 Å². The lowest BCUT2D eigenvalue weighted by Gasteiger charge is -2.17. The van der Waals surface area contributed by atoms with E-state index in [0.29, 0.717) is 13.1 Å². The Bertz CT molecular complexity index is 133. The van der Waals surface area contributed by atoms with Crippen molar-refractivity contribution < 1.29 is 14.5 Å². The van der Waals surface area contributed by atoms with E-state index in [-0.39, 0.29) is 5.92 Å². The second kappa shape index (κ2) is 1.58. The molecule has 0 aromatic rings. The molecule has 3 nitrogen and oxygen atoms in total. The van der Waals surface area contributed by atoms with Gasteiger partial charge < -0.3 is 5.11 Å². The SMILES string of the molecule is C=[N+]1CC(C(=O)O)C1. The number of carbonyl (C=O) groups is 1. The molecule has 8 heavy (non-hydrogen) atoms. The molecule has 3 heteroatoms.